The van der Waals surface area contributed by atoms with E-state index in [1.54, 1.807) is 26.4 Å². The zero-order chi connectivity index (χ0) is 23.6. The topological polar surface area (TPSA) is 111 Å². The first kappa shape index (κ1) is 22.3. The summed E-state index contributed by atoms with van der Waals surface area (Å²) in [5.41, 5.74) is 3.71. The van der Waals surface area contributed by atoms with Gasteiger partial charge in [-0.05, 0) is 54.6 Å². The fourth-order valence-corrected chi connectivity index (χ4v) is 4.07. The summed E-state index contributed by atoms with van der Waals surface area (Å²) in [4.78, 5) is 16.0. The van der Waals surface area contributed by atoms with E-state index in [1.807, 2.05) is 36.4 Å². The molecule has 3 N–H and O–H groups in total. The molecule has 4 rings (SSSR count). The molecule has 33 heavy (non-hydrogen) atoms. The van der Waals surface area contributed by atoms with E-state index in [0.29, 0.717) is 22.6 Å². The van der Waals surface area contributed by atoms with E-state index < -0.39 is 10.0 Å². The van der Waals surface area contributed by atoms with E-state index in [2.05, 4.69) is 4.98 Å². The first-order valence-corrected chi connectivity index (χ1v) is 11.5. The molecule has 168 valence electrons. The number of nitrogens with two attached hydrogens (primary N) is 1. The molecule has 7 nitrogen and oxygen atoms in total. The number of ketones is 1. The molecule has 1 heterocycles. The fraction of sp³-hybridized carbons (Fsp3) is 0.0800. The molecule has 4 aromatic rings. The zero-order valence-corrected chi connectivity index (χ0v) is 18.8. The molecule has 0 spiro atoms. The highest BCUT2D eigenvalue weighted by atomic mass is 32.2. The lowest BCUT2D eigenvalue weighted by atomic mass is 10.0. The lowest BCUT2D eigenvalue weighted by Crippen LogP contribution is -2.12. The molecular weight excluding hydrogens is 440 g/mol. The van der Waals surface area contributed by atoms with Gasteiger partial charge in [0.1, 0.15) is 11.5 Å². The quantitative estimate of drug-likeness (QED) is 0.312. The van der Waals surface area contributed by atoms with Crippen molar-refractivity contribution in [3.05, 3.63) is 83.9 Å². The standard InChI is InChI=1S/C25H22N2O5S/c1-31-24-15-25(32-2)20(22-14-17-5-3-4-6-21(17)27-22)13-18(24)9-12-23(28)16-7-10-19(11-8-16)33(26,29)30/h3-15,27H,1-2H3,(H2,26,29,30). The molecular formula is C25H22N2O5S. The molecule has 0 aliphatic carbocycles. The number of rotatable bonds is 7. The minimum atomic E-state index is -3.82. The van der Waals surface area contributed by atoms with Crippen molar-refractivity contribution in [1.29, 1.82) is 0 Å². The maximum Gasteiger partial charge on any atom is 0.238 e. The molecule has 0 aliphatic heterocycles. The van der Waals surface area contributed by atoms with Gasteiger partial charge >= 0.3 is 0 Å². The molecule has 8 heteroatoms. The number of carbonyl (C=O) groups excluding carboxylic acids is 1. The van der Waals surface area contributed by atoms with Crippen LogP contribution in [0.15, 0.2) is 77.7 Å². The molecule has 3 aromatic carbocycles. The van der Waals surface area contributed by atoms with Gasteiger partial charge < -0.3 is 14.5 Å². The number of para-hydroxylation sites is 1. The third-order valence-corrected chi connectivity index (χ3v) is 6.18. The Morgan fingerprint density at radius 3 is 2.27 bits per heavy atom. The van der Waals surface area contributed by atoms with Crippen LogP contribution < -0.4 is 14.6 Å². The van der Waals surface area contributed by atoms with Crippen LogP contribution in [0, 0.1) is 0 Å². The molecule has 0 bridgehead atoms. The molecule has 0 amide bonds. The summed E-state index contributed by atoms with van der Waals surface area (Å²) in [6.07, 6.45) is 3.06. The number of hydrogen-bond acceptors (Lipinski definition) is 5. The first-order valence-electron chi connectivity index (χ1n) is 9.99. The number of aromatic nitrogens is 1. The van der Waals surface area contributed by atoms with Crippen molar-refractivity contribution in [3.8, 4) is 22.8 Å². The second kappa shape index (κ2) is 8.93. The smallest absolute Gasteiger partial charge is 0.238 e. The van der Waals surface area contributed by atoms with Gasteiger partial charge in [-0.25, -0.2) is 13.6 Å². The third-order valence-electron chi connectivity index (χ3n) is 5.25. The van der Waals surface area contributed by atoms with Crippen LogP contribution in [-0.4, -0.2) is 33.4 Å². The van der Waals surface area contributed by atoms with Gasteiger partial charge in [-0.3, -0.25) is 4.79 Å². The van der Waals surface area contributed by atoms with E-state index in [0.717, 1.165) is 22.2 Å². The molecule has 0 unspecified atom stereocenters. The monoisotopic (exact) mass is 462 g/mol. The Morgan fingerprint density at radius 1 is 0.939 bits per heavy atom. The second-order valence-corrected chi connectivity index (χ2v) is 8.89. The average Bonchev–Trinajstić information content (AvgIpc) is 3.25. The van der Waals surface area contributed by atoms with Crippen LogP contribution in [0.4, 0.5) is 0 Å². The van der Waals surface area contributed by atoms with Crippen molar-refractivity contribution in [2.24, 2.45) is 5.14 Å². The summed E-state index contributed by atoms with van der Waals surface area (Å²) in [5.74, 6) is 0.877. The summed E-state index contributed by atoms with van der Waals surface area (Å²) in [5, 5.41) is 6.18. The number of H-pyrrole nitrogens is 1. The predicted molar refractivity (Wildman–Crippen MR) is 128 cm³/mol. The third kappa shape index (κ3) is 4.67. The van der Waals surface area contributed by atoms with Crippen molar-refractivity contribution in [2.75, 3.05) is 14.2 Å². The van der Waals surface area contributed by atoms with Crippen LogP contribution in [0.1, 0.15) is 15.9 Å². The van der Waals surface area contributed by atoms with E-state index in [1.165, 1.54) is 30.3 Å². The van der Waals surface area contributed by atoms with Crippen LogP contribution in [0.2, 0.25) is 0 Å². The van der Waals surface area contributed by atoms with Gasteiger partial charge in [0.25, 0.3) is 0 Å². The molecule has 0 fully saturated rings. The first-order chi connectivity index (χ1) is 15.8. The lowest BCUT2D eigenvalue weighted by molar-refractivity contribution is 0.104. The van der Waals surface area contributed by atoms with Gasteiger partial charge in [0.15, 0.2) is 5.78 Å². The number of nitrogens with one attached hydrogen (secondary N) is 1. The minimum absolute atomic E-state index is 0.0529. The minimum Gasteiger partial charge on any atom is -0.496 e. The van der Waals surface area contributed by atoms with Gasteiger partial charge in [-0.1, -0.05) is 18.2 Å². The van der Waals surface area contributed by atoms with E-state index in [-0.39, 0.29) is 10.7 Å². The number of allylic oxidation sites excluding steroid dienone is 1. The molecule has 1 aromatic heterocycles. The average molecular weight is 463 g/mol. The fourth-order valence-electron chi connectivity index (χ4n) is 3.55. The predicted octanol–water partition coefficient (Wildman–Crippen LogP) is 4.40. The van der Waals surface area contributed by atoms with Gasteiger partial charge in [-0.15, -0.1) is 0 Å². The molecule has 0 radical (unpaired) electrons. The Bertz CT molecular complexity index is 1440. The highest BCUT2D eigenvalue weighted by molar-refractivity contribution is 7.89. The van der Waals surface area contributed by atoms with E-state index in [9.17, 15) is 13.2 Å². The maximum atomic E-state index is 12.6. The number of aromatic amines is 1. The highest BCUT2D eigenvalue weighted by Crippen LogP contribution is 2.37. The summed E-state index contributed by atoms with van der Waals surface area (Å²) in [6, 6.07) is 19.1. The van der Waals surface area contributed by atoms with Crippen LogP contribution in [-0.2, 0) is 10.0 Å². The molecule has 0 saturated heterocycles. The summed E-state index contributed by atoms with van der Waals surface area (Å²) >= 11 is 0. The number of hydrogen-bond donors (Lipinski definition) is 2. The molecule has 0 saturated carbocycles. The van der Waals surface area contributed by atoms with Crippen LogP contribution in [0.5, 0.6) is 11.5 Å². The van der Waals surface area contributed by atoms with E-state index in [4.69, 9.17) is 14.6 Å². The SMILES string of the molecule is COc1cc(OC)c(-c2cc3ccccc3[nH]2)cc1C=CC(=O)c1ccc(S(N)(=O)=O)cc1. The Morgan fingerprint density at radius 2 is 1.64 bits per heavy atom. The number of primary sulfonamides is 1. The number of fused-ring (bicyclic) bond motifs is 1. The normalized spacial score (nSPS) is 11.7. The van der Waals surface area contributed by atoms with E-state index >= 15 is 0 Å². The van der Waals surface area contributed by atoms with Crippen LogP contribution in [0.3, 0.4) is 0 Å². The maximum absolute atomic E-state index is 12.6. The Hall–Kier alpha value is -3.88. The van der Waals surface area contributed by atoms with Gasteiger partial charge in [-0.2, -0.15) is 0 Å². The summed E-state index contributed by atoms with van der Waals surface area (Å²) in [6.45, 7) is 0. The second-order valence-electron chi connectivity index (χ2n) is 7.33. The Balaban J connectivity index is 1.70. The van der Waals surface area contributed by atoms with Crippen LogP contribution >= 0.6 is 0 Å². The number of ether oxygens (including phenoxy) is 2. The van der Waals surface area contributed by atoms with Gasteiger partial charge in [0.05, 0.1) is 24.8 Å². The summed E-state index contributed by atoms with van der Waals surface area (Å²) in [7, 11) is -0.685. The van der Waals surface area contributed by atoms with Crippen molar-refractivity contribution in [1.82, 2.24) is 4.98 Å². The highest BCUT2D eigenvalue weighted by Gasteiger charge is 2.14. The zero-order valence-electron chi connectivity index (χ0n) is 18.0. The number of methoxy groups -OCH3 is 2. The van der Waals surface area contributed by atoms with Crippen LogP contribution in [0.25, 0.3) is 28.2 Å². The van der Waals surface area contributed by atoms with Crippen molar-refractivity contribution in [2.45, 2.75) is 4.90 Å². The van der Waals surface area contributed by atoms with Gasteiger partial charge in [0, 0.05) is 33.7 Å². The Labute approximate surface area is 191 Å². The largest absolute Gasteiger partial charge is 0.496 e. The molecule has 0 atom stereocenters. The molecule has 0 aliphatic rings. The van der Waals surface area contributed by atoms with Gasteiger partial charge in [0.2, 0.25) is 10.0 Å². The number of benzene rings is 3. The number of carbonyl (C=O) groups is 1. The number of sulfonamides is 1. The van der Waals surface area contributed by atoms with Crippen molar-refractivity contribution >= 4 is 32.8 Å². The lowest BCUT2D eigenvalue weighted by Gasteiger charge is -2.12. The van der Waals surface area contributed by atoms with Crippen molar-refractivity contribution < 1.29 is 22.7 Å². The van der Waals surface area contributed by atoms with Crippen molar-refractivity contribution in [3.63, 3.8) is 0 Å². The Kier molecular flexibility index (Phi) is 6.04. The summed E-state index contributed by atoms with van der Waals surface area (Å²) < 4.78 is 33.9.